The van der Waals surface area contributed by atoms with Crippen molar-refractivity contribution in [3.8, 4) is 17.2 Å². The van der Waals surface area contributed by atoms with Crippen LogP contribution < -0.4 is 23.9 Å². The molecule has 0 bridgehead atoms. The van der Waals surface area contributed by atoms with Gasteiger partial charge in [-0.15, -0.1) is 0 Å². The zero-order valence-electron chi connectivity index (χ0n) is 20.4. The third-order valence-electron chi connectivity index (χ3n) is 5.03. The molecule has 190 valence electrons. The summed E-state index contributed by atoms with van der Waals surface area (Å²) < 4.78 is 44.1. The lowest BCUT2D eigenvalue weighted by atomic mass is 10.2. The van der Waals surface area contributed by atoms with Gasteiger partial charge in [0.1, 0.15) is 23.8 Å². The minimum Gasteiger partial charge on any atom is -0.497 e. The lowest BCUT2D eigenvalue weighted by molar-refractivity contribution is -0.119. The van der Waals surface area contributed by atoms with Crippen molar-refractivity contribution in [2.75, 3.05) is 31.7 Å². The minimum absolute atomic E-state index is 0.0320. The standard InChI is InChI=1S/C26H29N3O6S/c1-4-16-35-21-12-10-20(11-13-21)18-27-28-26(30)19-29(36(31,32)23-8-6-5-7-9-23)24-15-14-22(33-2)17-25(24)34-3/h5-15,17-18H,4,16,19H2,1-3H3,(H,28,30)/b27-18-. The smallest absolute Gasteiger partial charge is 0.264 e. The number of benzene rings is 3. The first-order valence-electron chi connectivity index (χ1n) is 11.2. The molecular weight excluding hydrogens is 482 g/mol. The highest BCUT2D eigenvalue weighted by atomic mass is 32.2. The van der Waals surface area contributed by atoms with Gasteiger partial charge in [-0.05, 0) is 60.5 Å². The molecule has 0 saturated heterocycles. The molecule has 0 aliphatic heterocycles. The topological polar surface area (TPSA) is 107 Å². The van der Waals surface area contributed by atoms with Gasteiger partial charge < -0.3 is 14.2 Å². The molecule has 36 heavy (non-hydrogen) atoms. The lowest BCUT2D eigenvalue weighted by Crippen LogP contribution is -2.39. The van der Waals surface area contributed by atoms with Crippen molar-refractivity contribution in [2.24, 2.45) is 5.10 Å². The predicted octanol–water partition coefficient (Wildman–Crippen LogP) is 3.84. The van der Waals surface area contributed by atoms with Crippen molar-refractivity contribution in [3.63, 3.8) is 0 Å². The number of hydrazone groups is 1. The molecule has 3 rings (SSSR count). The van der Waals surface area contributed by atoms with Crippen LogP contribution in [0.3, 0.4) is 0 Å². The molecule has 0 aromatic heterocycles. The number of nitrogens with zero attached hydrogens (tertiary/aromatic N) is 2. The third kappa shape index (κ3) is 6.76. The molecule has 0 atom stereocenters. The molecule has 9 nitrogen and oxygen atoms in total. The van der Waals surface area contributed by atoms with E-state index in [-0.39, 0.29) is 16.3 Å². The van der Waals surface area contributed by atoms with E-state index in [1.54, 1.807) is 42.5 Å². The molecule has 0 saturated carbocycles. The molecule has 0 aliphatic rings. The maximum Gasteiger partial charge on any atom is 0.264 e. The quantitative estimate of drug-likeness (QED) is 0.293. The number of hydrogen-bond donors (Lipinski definition) is 1. The van der Waals surface area contributed by atoms with E-state index >= 15 is 0 Å². The van der Waals surface area contributed by atoms with Gasteiger partial charge in [0.25, 0.3) is 15.9 Å². The molecule has 1 N–H and O–H groups in total. The van der Waals surface area contributed by atoms with Crippen LogP contribution >= 0.6 is 0 Å². The van der Waals surface area contributed by atoms with Crippen molar-refractivity contribution < 1.29 is 27.4 Å². The number of amides is 1. The third-order valence-corrected chi connectivity index (χ3v) is 6.80. The summed E-state index contributed by atoms with van der Waals surface area (Å²) in [5.74, 6) is 0.822. The van der Waals surface area contributed by atoms with Crippen LogP contribution in [-0.4, -0.2) is 47.9 Å². The Morgan fingerprint density at radius 1 is 0.972 bits per heavy atom. The zero-order valence-corrected chi connectivity index (χ0v) is 21.2. The van der Waals surface area contributed by atoms with Crippen LogP contribution in [0.2, 0.25) is 0 Å². The van der Waals surface area contributed by atoms with E-state index in [1.807, 2.05) is 19.1 Å². The Kier molecular flexibility index (Phi) is 9.29. The average molecular weight is 512 g/mol. The summed E-state index contributed by atoms with van der Waals surface area (Å²) in [7, 11) is -1.20. The number of hydrogen-bond acceptors (Lipinski definition) is 7. The highest BCUT2D eigenvalue weighted by molar-refractivity contribution is 7.92. The van der Waals surface area contributed by atoms with Crippen molar-refractivity contribution >= 4 is 27.8 Å². The van der Waals surface area contributed by atoms with Crippen LogP contribution in [0.15, 0.2) is 82.8 Å². The van der Waals surface area contributed by atoms with Crippen LogP contribution in [-0.2, 0) is 14.8 Å². The van der Waals surface area contributed by atoms with Gasteiger partial charge in [0.05, 0.1) is 37.6 Å². The molecule has 0 radical (unpaired) electrons. The van der Waals surface area contributed by atoms with Crippen molar-refractivity contribution in [2.45, 2.75) is 18.2 Å². The van der Waals surface area contributed by atoms with Gasteiger partial charge in [-0.2, -0.15) is 5.10 Å². The van der Waals surface area contributed by atoms with Crippen LogP contribution in [0.1, 0.15) is 18.9 Å². The Balaban J connectivity index is 1.82. The molecule has 3 aromatic rings. The lowest BCUT2D eigenvalue weighted by Gasteiger charge is -2.25. The molecule has 10 heteroatoms. The van der Waals surface area contributed by atoms with Gasteiger partial charge in [-0.3, -0.25) is 9.10 Å². The summed E-state index contributed by atoms with van der Waals surface area (Å²) in [5, 5.41) is 3.97. The number of carbonyl (C=O) groups excluding carboxylic acids is 1. The normalized spacial score (nSPS) is 11.2. The van der Waals surface area contributed by atoms with Gasteiger partial charge in [0.2, 0.25) is 0 Å². The Morgan fingerprint density at radius 2 is 1.67 bits per heavy atom. The first-order chi connectivity index (χ1) is 17.4. The number of methoxy groups -OCH3 is 2. The van der Waals surface area contributed by atoms with E-state index in [0.717, 1.165) is 22.0 Å². The van der Waals surface area contributed by atoms with Gasteiger partial charge in [0, 0.05) is 6.07 Å². The maximum absolute atomic E-state index is 13.5. The molecule has 3 aromatic carbocycles. The molecule has 0 spiro atoms. The fourth-order valence-corrected chi connectivity index (χ4v) is 4.68. The molecule has 0 heterocycles. The fraction of sp³-hybridized carbons (Fsp3) is 0.231. The fourth-order valence-electron chi connectivity index (χ4n) is 3.22. The van der Waals surface area contributed by atoms with E-state index < -0.39 is 22.5 Å². The summed E-state index contributed by atoms with van der Waals surface area (Å²) in [5.41, 5.74) is 3.32. The Labute approximate surface area is 211 Å². The van der Waals surface area contributed by atoms with E-state index in [9.17, 15) is 13.2 Å². The molecule has 0 aliphatic carbocycles. The number of ether oxygens (including phenoxy) is 3. The van der Waals surface area contributed by atoms with Crippen molar-refractivity contribution in [1.82, 2.24) is 5.43 Å². The summed E-state index contributed by atoms with van der Waals surface area (Å²) in [6.07, 6.45) is 2.38. The number of nitrogens with one attached hydrogen (secondary N) is 1. The number of sulfonamides is 1. The van der Waals surface area contributed by atoms with Crippen LogP contribution in [0.25, 0.3) is 0 Å². The highest BCUT2D eigenvalue weighted by Gasteiger charge is 2.29. The Bertz CT molecular complexity index is 1280. The van der Waals surface area contributed by atoms with Crippen LogP contribution in [0, 0.1) is 0 Å². The summed E-state index contributed by atoms with van der Waals surface area (Å²) in [4.78, 5) is 12.8. The monoisotopic (exact) mass is 511 g/mol. The Morgan fingerprint density at radius 3 is 2.31 bits per heavy atom. The van der Waals surface area contributed by atoms with E-state index in [0.29, 0.717) is 12.4 Å². The van der Waals surface area contributed by atoms with Crippen LogP contribution in [0.4, 0.5) is 5.69 Å². The second-order valence-corrected chi connectivity index (χ2v) is 9.44. The van der Waals surface area contributed by atoms with Crippen molar-refractivity contribution in [1.29, 1.82) is 0 Å². The minimum atomic E-state index is -4.11. The number of rotatable bonds is 12. The van der Waals surface area contributed by atoms with Crippen LogP contribution in [0.5, 0.6) is 17.2 Å². The van der Waals surface area contributed by atoms with Gasteiger partial charge >= 0.3 is 0 Å². The predicted molar refractivity (Wildman–Crippen MR) is 138 cm³/mol. The maximum atomic E-state index is 13.5. The van der Waals surface area contributed by atoms with Gasteiger partial charge in [0.15, 0.2) is 0 Å². The van der Waals surface area contributed by atoms with Gasteiger partial charge in [-0.1, -0.05) is 25.1 Å². The van der Waals surface area contributed by atoms with Gasteiger partial charge in [-0.25, -0.2) is 13.8 Å². The number of anilines is 1. The summed E-state index contributed by atoms with van der Waals surface area (Å²) in [6.45, 7) is 2.13. The largest absolute Gasteiger partial charge is 0.497 e. The molecule has 0 fully saturated rings. The Hall–Kier alpha value is -4.05. The highest BCUT2D eigenvalue weighted by Crippen LogP contribution is 2.35. The first-order valence-corrected chi connectivity index (χ1v) is 12.7. The van der Waals surface area contributed by atoms with E-state index in [1.165, 1.54) is 38.6 Å². The SMILES string of the molecule is CCCOc1ccc(/C=N\NC(=O)CN(c2ccc(OC)cc2OC)S(=O)(=O)c2ccccc2)cc1. The second-order valence-electron chi connectivity index (χ2n) is 7.57. The second kappa shape index (κ2) is 12.6. The summed E-state index contributed by atoms with van der Waals surface area (Å²) >= 11 is 0. The molecular formula is C26H29N3O6S. The van der Waals surface area contributed by atoms with E-state index in [4.69, 9.17) is 14.2 Å². The molecule has 0 unspecified atom stereocenters. The summed E-state index contributed by atoms with van der Waals surface area (Å²) in [6, 6.07) is 19.7. The van der Waals surface area contributed by atoms with E-state index in [2.05, 4.69) is 10.5 Å². The number of carbonyl (C=O) groups is 1. The first kappa shape index (κ1) is 26.6. The van der Waals surface area contributed by atoms with Crippen molar-refractivity contribution in [3.05, 3.63) is 78.4 Å². The molecule has 1 amide bonds. The zero-order chi connectivity index (χ0) is 26.0. The average Bonchev–Trinajstić information content (AvgIpc) is 2.91.